The summed E-state index contributed by atoms with van der Waals surface area (Å²) in [4.78, 5) is 64.0. The van der Waals surface area contributed by atoms with E-state index in [0.29, 0.717) is 0 Å². The molecular weight excluding hydrogens is 440 g/mol. The van der Waals surface area contributed by atoms with E-state index in [0.717, 1.165) is 0 Å². The van der Waals surface area contributed by atoms with E-state index in [-0.39, 0.29) is 0 Å². The van der Waals surface area contributed by atoms with E-state index in [1.807, 2.05) is 0 Å². The number of nitro groups is 6. The molecule has 0 aliphatic heterocycles. The molecule has 0 radical (unpaired) electrons. The van der Waals surface area contributed by atoms with Crippen molar-refractivity contribution >= 4 is 5.95 Å². The van der Waals surface area contributed by atoms with Gasteiger partial charge >= 0.3 is 23.2 Å². The molecule has 0 aromatic carbocycles. The molecule has 0 amide bonds. The summed E-state index contributed by atoms with van der Waals surface area (Å²) in [5.74, 6) is -14.5. The molecule has 0 saturated heterocycles. The molecule has 0 bridgehead atoms. The van der Waals surface area contributed by atoms with Crippen LogP contribution in [0.5, 0.6) is 0 Å². The molecule has 168 valence electrons. The molecule has 1 heterocycles. The second kappa shape index (κ2) is 7.56. The van der Waals surface area contributed by atoms with Crippen molar-refractivity contribution < 1.29 is 29.5 Å². The molecule has 0 saturated carbocycles. The van der Waals surface area contributed by atoms with E-state index in [1.54, 1.807) is 0 Å². The van der Waals surface area contributed by atoms with Gasteiger partial charge in [-0.05, 0) is 20.8 Å². The van der Waals surface area contributed by atoms with E-state index in [9.17, 15) is 60.7 Å². The normalized spacial score (nSPS) is 12.0. The molecule has 0 spiro atoms. The van der Waals surface area contributed by atoms with Gasteiger partial charge in [0, 0.05) is 5.54 Å². The van der Waals surface area contributed by atoms with Crippen LogP contribution < -0.4 is 5.32 Å². The first kappa shape index (κ1) is 24.2. The Labute approximate surface area is 167 Å². The first-order chi connectivity index (χ1) is 13.9. The average molecular weight is 450 g/mol. The van der Waals surface area contributed by atoms with Gasteiger partial charge in [-0.25, -0.2) is 0 Å². The molecule has 0 fully saturated rings. The molecular formula is C9H10N10O12. The van der Waals surface area contributed by atoms with Gasteiger partial charge in [-0.1, -0.05) is 0 Å². The molecule has 22 heteroatoms. The standard InChI is InChI=1S/C9H10N10O12/c1-7(2,3)13-6-11-4(8(14(20)21,15(22)23)16(24)25)10-5(12-6)9(17(26)27,18(28)29)19(30)31/h1-3H3,(H,10,11,12,13). The van der Waals surface area contributed by atoms with Crippen molar-refractivity contribution in [2.75, 3.05) is 5.32 Å². The predicted octanol–water partition coefficient (Wildman–Crippen LogP) is -1.04. The van der Waals surface area contributed by atoms with Crippen LogP contribution in [0.1, 0.15) is 32.4 Å². The Morgan fingerprint density at radius 3 is 1.03 bits per heavy atom. The lowest BCUT2D eigenvalue weighted by molar-refractivity contribution is -0.989. The summed E-state index contributed by atoms with van der Waals surface area (Å²) in [6, 6.07) is 0. The molecule has 31 heavy (non-hydrogen) atoms. The fraction of sp³-hybridized carbons (Fsp3) is 0.667. The van der Waals surface area contributed by atoms with Crippen LogP contribution >= 0.6 is 0 Å². The third-order valence-electron chi connectivity index (χ3n) is 3.25. The third-order valence-corrected chi connectivity index (χ3v) is 3.25. The summed E-state index contributed by atoms with van der Waals surface area (Å²) in [6.45, 7) is 4.08. The van der Waals surface area contributed by atoms with E-state index >= 15 is 0 Å². The minimum Gasteiger partial charge on any atom is -0.349 e. The van der Waals surface area contributed by atoms with Crippen LogP contribution in [0.15, 0.2) is 0 Å². The molecule has 0 aliphatic rings. The van der Waals surface area contributed by atoms with E-state index in [1.165, 1.54) is 20.8 Å². The molecule has 1 rings (SSSR count). The highest BCUT2D eigenvalue weighted by molar-refractivity contribution is 5.29. The van der Waals surface area contributed by atoms with Crippen LogP contribution in [0.2, 0.25) is 0 Å². The maximum Gasteiger partial charge on any atom is 0.763 e. The van der Waals surface area contributed by atoms with Gasteiger partial charge in [-0.15, -0.1) is 0 Å². The minimum atomic E-state index is -4.62. The van der Waals surface area contributed by atoms with Crippen molar-refractivity contribution in [1.29, 1.82) is 0 Å². The smallest absolute Gasteiger partial charge is 0.349 e. The summed E-state index contributed by atoms with van der Waals surface area (Å²) < 4.78 is 0. The Hall–Kier alpha value is -4.79. The van der Waals surface area contributed by atoms with Crippen LogP contribution in [-0.4, -0.2) is 50.0 Å². The van der Waals surface area contributed by atoms with E-state index in [2.05, 4.69) is 20.3 Å². The Kier molecular flexibility index (Phi) is 5.91. The number of rotatable bonds is 9. The Morgan fingerprint density at radius 2 is 0.839 bits per heavy atom. The predicted molar refractivity (Wildman–Crippen MR) is 88.5 cm³/mol. The van der Waals surface area contributed by atoms with Gasteiger partial charge in [-0.3, -0.25) is 60.7 Å². The Balaban J connectivity index is 4.25. The van der Waals surface area contributed by atoms with Gasteiger partial charge < -0.3 is 5.32 Å². The highest BCUT2D eigenvalue weighted by Gasteiger charge is 2.80. The van der Waals surface area contributed by atoms with Crippen LogP contribution in [0.25, 0.3) is 0 Å². The number of nitrogens with one attached hydrogen (secondary N) is 1. The fourth-order valence-corrected chi connectivity index (χ4v) is 1.96. The highest BCUT2D eigenvalue weighted by atomic mass is 16.7. The Morgan fingerprint density at radius 1 is 0.581 bits per heavy atom. The SMILES string of the molecule is CC(C)(C)Nc1nc(C([N+](=O)[O-])([N+](=O)[O-])[N+](=O)[O-])nc(C([N+](=O)[O-])([N+](=O)[O-])[N+](=O)[O-])n1. The van der Waals surface area contributed by atoms with Crippen LogP contribution in [0.4, 0.5) is 5.95 Å². The third kappa shape index (κ3) is 3.75. The number of nitrogens with zero attached hydrogens (tertiary/aromatic N) is 9. The zero-order valence-electron chi connectivity index (χ0n) is 15.4. The Bertz CT molecular complexity index is 861. The molecule has 0 unspecified atom stereocenters. The van der Waals surface area contributed by atoms with E-state index in [4.69, 9.17) is 0 Å². The summed E-state index contributed by atoms with van der Waals surface area (Å²) >= 11 is 0. The second-order valence-corrected chi connectivity index (χ2v) is 6.49. The minimum absolute atomic E-state index is 1.11. The zero-order valence-corrected chi connectivity index (χ0v) is 15.4. The molecule has 1 N–H and O–H groups in total. The first-order valence-electron chi connectivity index (χ1n) is 7.37. The zero-order chi connectivity index (χ0) is 24.5. The van der Waals surface area contributed by atoms with Crippen LogP contribution in [-0.2, 0) is 11.6 Å². The van der Waals surface area contributed by atoms with Gasteiger partial charge in [0.05, 0.1) is 0 Å². The van der Waals surface area contributed by atoms with Crippen molar-refractivity contribution in [1.82, 2.24) is 15.0 Å². The highest BCUT2D eigenvalue weighted by Crippen LogP contribution is 2.30. The summed E-state index contributed by atoms with van der Waals surface area (Å²) in [5, 5.41) is 69.8. The van der Waals surface area contributed by atoms with Crippen molar-refractivity contribution in [3.05, 3.63) is 72.3 Å². The monoisotopic (exact) mass is 450 g/mol. The topological polar surface area (TPSA) is 310 Å². The lowest BCUT2D eigenvalue weighted by Crippen LogP contribution is -2.54. The van der Waals surface area contributed by atoms with Gasteiger partial charge in [0.15, 0.2) is 29.5 Å². The number of aromatic nitrogens is 3. The quantitative estimate of drug-likeness (QED) is 0.266. The lowest BCUT2D eigenvalue weighted by Gasteiger charge is -2.20. The summed E-state index contributed by atoms with van der Waals surface area (Å²) in [6.07, 6.45) is 0. The second-order valence-electron chi connectivity index (χ2n) is 6.49. The van der Waals surface area contributed by atoms with E-state index < -0.39 is 64.2 Å². The lowest BCUT2D eigenvalue weighted by atomic mass is 10.1. The van der Waals surface area contributed by atoms with Gasteiger partial charge in [0.2, 0.25) is 5.95 Å². The van der Waals surface area contributed by atoms with Crippen molar-refractivity contribution in [3.8, 4) is 0 Å². The van der Waals surface area contributed by atoms with Gasteiger partial charge in [0.25, 0.3) is 0 Å². The maximum atomic E-state index is 11.3. The van der Waals surface area contributed by atoms with Crippen molar-refractivity contribution in [3.63, 3.8) is 0 Å². The van der Waals surface area contributed by atoms with Crippen molar-refractivity contribution in [2.24, 2.45) is 0 Å². The average Bonchev–Trinajstić information content (AvgIpc) is 2.51. The first-order valence-corrected chi connectivity index (χ1v) is 7.37. The molecule has 1 aromatic heterocycles. The van der Waals surface area contributed by atoms with Crippen molar-refractivity contribution in [2.45, 2.75) is 37.9 Å². The molecule has 1 aromatic rings. The maximum absolute atomic E-state index is 11.3. The fourth-order valence-electron chi connectivity index (χ4n) is 1.96. The number of anilines is 1. The van der Waals surface area contributed by atoms with Gasteiger partial charge in [0.1, 0.15) is 0 Å². The largest absolute Gasteiger partial charge is 0.763 e. The number of hydrogen-bond acceptors (Lipinski definition) is 16. The number of hydrogen-bond donors (Lipinski definition) is 1. The van der Waals surface area contributed by atoms with Crippen LogP contribution in [0, 0.1) is 60.7 Å². The van der Waals surface area contributed by atoms with Gasteiger partial charge in [-0.2, -0.15) is 15.0 Å². The molecule has 22 nitrogen and oxygen atoms in total. The molecule has 0 aliphatic carbocycles. The summed E-state index contributed by atoms with van der Waals surface area (Å²) in [7, 11) is 0. The van der Waals surface area contributed by atoms with Crippen LogP contribution in [0.3, 0.4) is 0 Å². The molecule has 0 atom stereocenters. The summed E-state index contributed by atoms with van der Waals surface area (Å²) in [5.41, 5.74) is -1.14.